The van der Waals surface area contributed by atoms with Crippen molar-refractivity contribution in [1.29, 1.82) is 0 Å². The van der Waals surface area contributed by atoms with Gasteiger partial charge in [0.25, 0.3) is 5.91 Å². The SMILES string of the molecule is CCN(CC)S(=O)(=O)c1ccc(O)c(NC(=O)c2cc(Br)c[nH]2)c1. The third-order valence-corrected chi connectivity index (χ3v) is 5.96. The van der Waals surface area contributed by atoms with E-state index in [-0.39, 0.29) is 22.0 Å². The predicted octanol–water partition coefficient (Wildman–Crippen LogP) is 2.77. The highest BCUT2D eigenvalue weighted by molar-refractivity contribution is 9.10. The minimum Gasteiger partial charge on any atom is -0.506 e. The van der Waals surface area contributed by atoms with Crippen LogP contribution in [0.3, 0.4) is 0 Å². The van der Waals surface area contributed by atoms with E-state index in [2.05, 4.69) is 26.2 Å². The number of carbonyl (C=O) groups excluding carboxylic acids is 1. The molecule has 1 aromatic heterocycles. The number of phenolic OH excluding ortho intramolecular Hbond substituents is 1. The molecule has 0 aliphatic heterocycles. The second-order valence-electron chi connectivity index (χ2n) is 4.95. The molecule has 2 rings (SSSR count). The zero-order valence-electron chi connectivity index (χ0n) is 13.2. The summed E-state index contributed by atoms with van der Waals surface area (Å²) >= 11 is 3.22. The molecule has 7 nitrogen and oxygen atoms in total. The first-order valence-corrected chi connectivity index (χ1v) is 9.51. The summed E-state index contributed by atoms with van der Waals surface area (Å²) in [6.07, 6.45) is 1.59. The number of nitrogens with one attached hydrogen (secondary N) is 2. The molecular formula is C15H18BrN3O4S. The van der Waals surface area contributed by atoms with Crippen molar-refractivity contribution in [2.45, 2.75) is 18.7 Å². The van der Waals surface area contributed by atoms with Gasteiger partial charge in [0.2, 0.25) is 10.0 Å². The zero-order valence-corrected chi connectivity index (χ0v) is 15.6. The van der Waals surface area contributed by atoms with E-state index < -0.39 is 15.9 Å². The van der Waals surface area contributed by atoms with Gasteiger partial charge in [0.15, 0.2) is 0 Å². The standard InChI is InChI=1S/C15H18BrN3O4S/c1-3-19(4-2)24(22,23)11-5-6-14(20)12(8-11)18-15(21)13-7-10(16)9-17-13/h5-9,17,20H,3-4H2,1-2H3,(H,18,21). The van der Waals surface area contributed by atoms with Gasteiger partial charge in [-0.25, -0.2) is 8.42 Å². The van der Waals surface area contributed by atoms with Crippen molar-refractivity contribution in [2.24, 2.45) is 0 Å². The van der Waals surface area contributed by atoms with Crippen molar-refractivity contribution in [3.8, 4) is 5.75 Å². The fraction of sp³-hybridized carbons (Fsp3) is 0.267. The molecule has 0 atom stereocenters. The van der Waals surface area contributed by atoms with Crippen LogP contribution in [0.2, 0.25) is 0 Å². The molecule has 9 heteroatoms. The van der Waals surface area contributed by atoms with Crippen LogP contribution in [-0.4, -0.2) is 41.8 Å². The lowest BCUT2D eigenvalue weighted by Crippen LogP contribution is -2.30. The van der Waals surface area contributed by atoms with Crippen LogP contribution in [0, 0.1) is 0 Å². The van der Waals surface area contributed by atoms with Crippen LogP contribution < -0.4 is 5.32 Å². The van der Waals surface area contributed by atoms with Crippen molar-refractivity contribution >= 4 is 37.5 Å². The van der Waals surface area contributed by atoms with E-state index in [9.17, 15) is 18.3 Å². The largest absolute Gasteiger partial charge is 0.506 e. The Morgan fingerprint density at radius 2 is 1.96 bits per heavy atom. The molecule has 0 spiro atoms. The number of aromatic hydroxyl groups is 1. The molecule has 0 bridgehead atoms. The number of anilines is 1. The topological polar surface area (TPSA) is 102 Å². The van der Waals surface area contributed by atoms with Gasteiger partial charge in [0.05, 0.1) is 10.6 Å². The normalized spacial score (nSPS) is 11.7. The molecule has 1 aromatic carbocycles. The number of H-pyrrole nitrogens is 1. The van der Waals surface area contributed by atoms with Crippen LogP contribution in [0.15, 0.2) is 39.8 Å². The summed E-state index contributed by atoms with van der Waals surface area (Å²) in [4.78, 5) is 14.9. The van der Waals surface area contributed by atoms with Crippen molar-refractivity contribution in [3.63, 3.8) is 0 Å². The maximum absolute atomic E-state index is 12.5. The Balaban J connectivity index is 2.34. The highest BCUT2D eigenvalue weighted by Crippen LogP contribution is 2.28. The van der Waals surface area contributed by atoms with Crippen LogP contribution in [0.1, 0.15) is 24.3 Å². The molecule has 0 saturated carbocycles. The number of aromatic nitrogens is 1. The second-order valence-corrected chi connectivity index (χ2v) is 7.81. The fourth-order valence-electron chi connectivity index (χ4n) is 2.18. The summed E-state index contributed by atoms with van der Waals surface area (Å²) in [5.74, 6) is -0.708. The minimum atomic E-state index is -3.68. The molecule has 24 heavy (non-hydrogen) atoms. The van der Waals surface area contributed by atoms with Crippen molar-refractivity contribution in [2.75, 3.05) is 18.4 Å². The highest BCUT2D eigenvalue weighted by atomic mass is 79.9. The Kier molecular flexibility index (Phi) is 5.68. The lowest BCUT2D eigenvalue weighted by atomic mass is 10.3. The average Bonchev–Trinajstić information content (AvgIpc) is 2.97. The monoisotopic (exact) mass is 415 g/mol. The number of hydrogen-bond donors (Lipinski definition) is 3. The average molecular weight is 416 g/mol. The summed E-state index contributed by atoms with van der Waals surface area (Å²) in [6.45, 7) is 4.15. The van der Waals surface area contributed by atoms with Crippen LogP contribution in [-0.2, 0) is 10.0 Å². The van der Waals surface area contributed by atoms with Gasteiger partial charge in [0.1, 0.15) is 11.4 Å². The summed E-state index contributed by atoms with van der Waals surface area (Å²) in [6, 6.07) is 5.38. The van der Waals surface area contributed by atoms with Gasteiger partial charge in [-0.1, -0.05) is 13.8 Å². The molecule has 0 radical (unpaired) electrons. The number of aromatic amines is 1. The Morgan fingerprint density at radius 1 is 1.29 bits per heavy atom. The summed E-state index contributed by atoms with van der Waals surface area (Å²) in [5, 5.41) is 12.4. The Hall–Kier alpha value is -1.84. The Bertz CT molecular complexity index is 844. The number of sulfonamides is 1. The fourth-order valence-corrected chi connectivity index (χ4v) is 4.01. The molecule has 0 fully saturated rings. The van der Waals surface area contributed by atoms with Crippen LogP contribution in [0.25, 0.3) is 0 Å². The van der Waals surface area contributed by atoms with Crippen molar-refractivity contribution < 1.29 is 18.3 Å². The van der Waals surface area contributed by atoms with Crippen molar-refractivity contribution in [3.05, 3.63) is 40.6 Å². The lowest BCUT2D eigenvalue weighted by molar-refractivity contribution is 0.102. The second kappa shape index (κ2) is 7.37. The maximum atomic E-state index is 12.5. The molecule has 0 unspecified atom stereocenters. The van der Waals surface area contributed by atoms with E-state index in [1.807, 2.05) is 0 Å². The molecule has 130 valence electrons. The first kappa shape index (κ1) is 18.5. The van der Waals surface area contributed by atoms with Crippen LogP contribution >= 0.6 is 15.9 Å². The van der Waals surface area contributed by atoms with E-state index in [0.29, 0.717) is 17.6 Å². The third-order valence-electron chi connectivity index (χ3n) is 3.45. The van der Waals surface area contributed by atoms with E-state index in [4.69, 9.17) is 0 Å². The number of nitrogens with zero attached hydrogens (tertiary/aromatic N) is 1. The lowest BCUT2D eigenvalue weighted by Gasteiger charge is -2.19. The summed E-state index contributed by atoms with van der Waals surface area (Å²) in [7, 11) is -3.68. The first-order valence-electron chi connectivity index (χ1n) is 7.28. The van der Waals surface area contributed by atoms with Gasteiger partial charge in [-0.15, -0.1) is 0 Å². The quantitative estimate of drug-likeness (QED) is 0.630. The molecule has 0 aliphatic rings. The molecule has 0 aliphatic carbocycles. The van der Waals surface area contributed by atoms with Crippen LogP contribution in [0.4, 0.5) is 5.69 Å². The van der Waals surface area contributed by atoms with Gasteiger partial charge in [-0.05, 0) is 40.2 Å². The molecule has 1 amide bonds. The summed E-state index contributed by atoms with van der Waals surface area (Å²) < 4.78 is 27.1. The number of benzene rings is 1. The molecule has 3 N–H and O–H groups in total. The van der Waals surface area contributed by atoms with Gasteiger partial charge < -0.3 is 15.4 Å². The number of halogens is 1. The summed E-state index contributed by atoms with van der Waals surface area (Å²) in [5.41, 5.74) is 0.303. The van der Waals surface area contributed by atoms with Gasteiger partial charge >= 0.3 is 0 Å². The zero-order chi connectivity index (χ0) is 17.9. The van der Waals surface area contributed by atoms with Gasteiger partial charge in [-0.3, -0.25) is 4.79 Å². The smallest absolute Gasteiger partial charge is 0.272 e. The molecule has 2 aromatic rings. The van der Waals surface area contributed by atoms with Gasteiger partial charge in [-0.2, -0.15) is 4.31 Å². The number of carbonyl (C=O) groups is 1. The van der Waals surface area contributed by atoms with E-state index in [1.54, 1.807) is 26.1 Å². The molecular weight excluding hydrogens is 398 g/mol. The predicted molar refractivity (Wildman–Crippen MR) is 94.7 cm³/mol. The molecule has 0 saturated heterocycles. The van der Waals surface area contributed by atoms with Gasteiger partial charge in [0, 0.05) is 23.8 Å². The number of amides is 1. The Morgan fingerprint density at radius 3 is 2.50 bits per heavy atom. The van der Waals surface area contributed by atoms with Crippen molar-refractivity contribution in [1.82, 2.24) is 9.29 Å². The Labute approximate surface area is 148 Å². The molecule has 1 heterocycles. The number of rotatable bonds is 6. The maximum Gasteiger partial charge on any atom is 0.272 e. The third kappa shape index (κ3) is 3.80. The van der Waals surface area contributed by atoms with Crippen LogP contribution in [0.5, 0.6) is 5.75 Å². The number of hydrogen-bond acceptors (Lipinski definition) is 4. The van der Waals surface area contributed by atoms with E-state index >= 15 is 0 Å². The minimum absolute atomic E-state index is 0.00645. The van der Waals surface area contributed by atoms with E-state index in [0.717, 1.165) is 0 Å². The van der Waals surface area contributed by atoms with E-state index in [1.165, 1.54) is 22.5 Å². The first-order chi connectivity index (χ1) is 11.3. The highest BCUT2D eigenvalue weighted by Gasteiger charge is 2.23. The number of phenols is 1.